The molecule has 1 rings (SSSR count). The Kier molecular flexibility index (Phi) is 5.85. The molecule has 1 aromatic rings. The zero-order valence-corrected chi connectivity index (χ0v) is 12.4. The van der Waals surface area contributed by atoms with Crippen LogP contribution in [-0.4, -0.2) is 17.7 Å². The van der Waals surface area contributed by atoms with Gasteiger partial charge in [-0.25, -0.2) is 0 Å². The fourth-order valence-electron chi connectivity index (χ4n) is 1.28. The summed E-state index contributed by atoms with van der Waals surface area (Å²) in [5.41, 5.74) is 6.39. The number of amides is 1. The molecule has 5 heteroatoms. The zero-order chi connectivity index (χ0) is 12.8. The molecule has 0 aliphatic rings. The van der Waals surface area contributed by atoms with Crippen molar-refractivity contribution in [1.82, 2.24) is 5.32 Å². The molecule has 0 fully saturated rings. The van der Waals surface area contributed by atoms with E-state index < -0.39 is 0 Å². The third-order valence-corrected chi connectivity index (χ3v) is 3.99. The summed E-state index contributed by atoms with van der Waals surface area (Å²) in [7, 11) is 0. The molecule has 1 aromatic carbocycles. The number of nitrogens with two attached hydrogens (primary N) is 1. The zero-order valence-electron chi connectivity index (χ0n) is 10.00. The second-order valence-corrected chi connectivity index (χ2v) is 6.00. The Balaban J connectivity index is 2.38. The summed E-state index contributed by atoms with van der Waals surface area (Å²) < 4.78 is 0.978. The molecule has 0 aliphatic heterocycles. The summed E-state index contributed by atoms with van der Waals surface area (Å²) in [6.45, 7) is 3.92. The molecule has 0 aliphatic carbocycles. The Labute approximate surface area is 115 Å². The van der Waals surface area contributed by atoms with Gasteiger partial charge in [0.1, 0.15) is 0 Å². The highest BCUT2D eigenvalue weighted by molar-refractivity contribution is 9.10. The molecule has 0 spiro atoms. The molecule has 0 atom stereocenters. The third-order valence-electron chi connectivity index (χ3n) is 1.99. The summed E-state index contributed by atoms with van der Waals surface area (Å²) in [4.78, 5) is 12.5. The fraction of sp³-hybridized carbons (Fsp3) is 0.417. The summed E-state index contributed by atoms with van der Waals surface area (Å²) in [5.74, 6) is 0.861. The summed E-state index contributed by atoms with van der Waals surface area (Å²) in [6.07, 6.45) is 0.527. The van der Waals surface area contributed by atoms with E-state index in [1.165, 1.54) is 0 Å². The molecule has 3 N–H and O–H groups in total. The molecule has 0 saturated heterocycles. The van der Waals surface area contributed by atoms with Crippen LogP contribution in [0.15, 0.2) is 27.6 Å². The second kappa shape index (κ2) is 6.91. The monoisotopic (exact) mass is 316 g/mol. The minimum atomic E-state index is 0.0964. The SMILES string of the molecule is CC(C)NC(=O)CCSc1ccc(N)cc1Br. The van der Waals surface area contributed by atoms with E-state index in [1.54, 1.807) is 11.8 Å². The van der Waals surface area contributed by atoms with Crippen molar-refractivity contribution < 1.29 is 4.79 Å². The highest BCUT2D eigenvalue weighted by Gasteiger charge is 2.05. The predicted molar refractivity (Wildman–Crippen MR) is 77.2 cm³/mol. The van der Waals surface area contributed by atoms with Crippen molar-refractivity contribution in [2.45, 2.75) is 31.2 Å². The molecule has 0 saturated carbocycles. The van der Waals surface area contributed by atoms with E-state index in [2.05, 4.69) is 21.2 Å². The molecule has 0 aromatic heterocycles. The maximum absolute atomic E-state index is 11.4. The van der Waals surface area contributed by atoms with Crippen molar-refractivity contribution in [3.8, 4) is 0 Å². The molecular formula is C12H17BrN2OS. The van der Waals surface area contributed by atoms with Crippen molar-refractivity contribution in [3.05, 3.63) is 22.7 Å². The number of benzene rings is 1. The van der Waals surface area contributed by atoms with Gasteiger partial charge in [-0.3, -0.25) is 4.79 Å². The Bertz CT molecular complexity index is 396. The van der Waals surface area contributed by atoms with Gasteiger partial charge in [-0.05, 0) is 48.0 Å². The van der Waals surface area contributed by atoms with E-state index >= 15 is 0 Å². The van der Waals surface area contributed by atoms with Gasteiger partial charge in [0, 0.05) is 33.3 Å². The normalized spacial score (nSPS) is 10.6. The summed E-state index contributed by atoms with van der Waals surface area (Å²) in [6, 6.07) is 5.90. The Morgan fingerprint density at radius 2 is 2.24 bits per heavy atom. The number of nitrogen functional groups attached to an aromatic ring is 1. The highest BCUT2D eigenvalue weighted by atomic mass is 79.9. The predicted octanol–water partition coefficient (Wildman–Crippen LogP) is 3.04. The quantitative estimate of drug-likeness (QED) is 0.648. The van der Waals surface area contributed by atoms with Crippen molar-refractivity contribution >= 4 is 39.3 Å². The molecule has 0 radical (unpaired) electrons. The minimum Gasteiger partial charge on any atom is -0.399 e. The van der Waals surface area contributed by atoms with Crippen molar-refractivity contribution in [2.75, 3.05) is 11.5 Å². The first kappa shape index (κ1) is 14.4. The van der Waals surface area contributed by atoms with Crippen molar-refractivity contribution in [1.29, 1.82) is 0 Å². The van der Waals surface area contributed by atoms with E-state index in [4.69, 9.17) is 5.73 Å². The molecule has 1 amide bonds. The second-order valence-electron chi connectivity index (χ2n) is 4.01. The molecule has 3 nitrogen and oxygen atoms in total. The maximum atomic E-state index is 11.4. The van der Waals surface area contributed by atoms with Crippen molar-refractivity contribution in [3.63, 3.8) is 0 Å². The molecule has 94 valence electrons. The number of hydrogen-bond acceptors (Lipinski definition) is 3. The third kappa shape index (κ3) is 5.46. The number of hydrogen-bond donors (Lipinski definition) is 2. The first-order valence-electron chi connectivity index (χ1n) is 5.46. The van der Waals surface area contributed by atoms with Gasteiger partial charge in [0.25, 0.3) is 0 Å². The summed E-state index contributed by atoms with van der Waals surface area (Å²) in [5, 5.41) is 2.87. The lowest BCUT2D eigenvalue weighted by Crippen LogP contribution is -2.30. The minimum absolute atomic E-state index is 0.0964. The molecule has 0 bridgehead atoms. The van der Waals surface area contributed by atoms with Gasteiger partial charge in [-0.1, -0.05) is 0 Å². The Morgan fingerprint density at radius 1 is 1.53 bits per heavy atom. The van der Waals surface area contributed by atoms with Crippen LogP contribution < -0.4 is 11.1 Å². The maximum Gasteiger partial charge on any atom is 0.221 e. The lowest BCUT2D eigenvalue weighted by molar-refractivity contribution is -0.121. The summed E-state index contributed by atoms with van der Waals surface area (Å²) >= 11 is 5.10. The number of carbonyl (C=O) groups excluding carboxylic acids is 1. The average molecular weight is 317 g/mol. The molecule has 0 heterocycles. The van der Waals surface area contributed by atoms with Crippen LogP contribution in [0.2, 0.25) is 0 Å². The van der Waals surface area contributed by atoms with Crippen LogP contribution in [0.4, 0.5) is 5.69 Å². The van der Waals surface area contributed by atoms with Crippen molar-refractivity contribution in [2.24, 2.45) is 0 Å². The van der Waals surface area contributed by atoms with Crippen LogP contribution in [0.1, 0.15) is 20.3 Å². The first-order valence-corrected chi connectivity index (χ1v) is 7.24. The van der Waals surface area contributed by atoms with Gasteiger partial charge in [-0.15, -0.1) is 11.8 Å². The molecule has 0 unspecified atom stereocenters. The van der Waals surface area contributed by atoms with E-state index in [0.717, 1.165) is 20.8 Å². The Morgan fingerprint density at radius 3 is 2.82 bits per heavy atom. The van der Waals surface area contributed by atoms with E-state index in [0.29, 0.717) is 6.42 Å². The van der Waals surface area contributed by atoms with Crippen LogP contribution in [0.3, 0.4) is 0 Å². The largest absolute Gasteiger partial charge is 0.399 e. The number of carbonyl (C=O) groups is 1. The molecular weight excluding hydrogens is 300 g/mol. The first-order chi connectivity index (χ1) is 7.99. The number of halogens is 1. The lowest BCUT2D eigenvalue weighted by atomic mass is 10.3. The van der Waals surface area contributed by atoms with Crippen LogP contribution >= 0.6 is 27.7 Å². The number of anilines is 1. The van der Waals surface area contributed by atoms with E-state index in [-0.39, 0.29) is 11.9 Å². The fourth-order valence-corrected chi connectivity index (χ4v) is 2.89. The van der Waals surface area contributed by atoms with Gasteiger partial charge in [0.2, 0.25) is 5.91 Å². The number of nitrogens with one attached hydrogen (secondary N) is 1. The number of rotatable bonds is 5. The lowest BCUT2D eigenvalue weighted by Gasteiger charge is -2.08. The average Bonchev–Trinajstić information content (AvgIpc) is 2.20. The van der Waals surface area contributed by atoms with Gasteiger partial charge in [0.15, 0.2) is 0 Å². The van der Waals surface area contributed by atoms with Gasteiger partial charge in [-0.2, -0.15) is 0 Å². The Hall–Kier alpha value is -0.680. The molecule has 17 heavy (non-hydrogen) atoms. The topological polar surface area (TPSA) is 55.1 Å². The van der Waals surface area contributed by atoms with Gasteiger partial charge >= 0.3 is 0 Å². The van der Waals surface area contributed by atoms with E-state index in [9.17, 15) is 4.79 Å². The van der Waals surface area contributed by atoms with Crippen LogP contribution in [0.5, 0.6) is 0 Å². The smallest absolute Gasteiger partial charge is 0.221 e. The van der Waals surface area contributed by atoms with Gasteiger partial charge < -0.3 is 11.1 Å². The van der Waals surface area contributed by atoms with Crippen LogP contribution in [-0.2, 0) is 4.79 Å². The van der Waals surface area contributed by atoms with Gasteiger partial charge in [0.05, 0.1) is 0 Å². The van der Waals surface area contributed by atoms with E-state index in [1.807, 2.05) is 32.0 Å². The van der Waals surface area contributed by atoms with Crippen LogP contribution in [0, 0.1) is 0 Å². The number of thioether (sulfide) groups is 1. The standard InChI is InChI=1S/C12H17BrN2OS/c1-8(2)15-12(16)5-6-17-11-4-3-9(14)7-10(11)13/h3-4,7-8H,5-6,14H2,1-2H3,(H,15,16). The highest BCUT2D eigenvalue weighted by Crippen LogP contribution is 2.29. The van der Waals surface area contributed by atoms with Crippen LogP contribution in [0.25, 0.3) is 0 Å².